The van der Waals surface area contributed by atoms with Gasteiger partial charge in [-0.3, -0.25) is 4.79 Å². The lowest BCUT2D eigenvalue weighted by Crippen LogP contribution is -2.46. The van der Waals surface area contributed by atoms with E-state index in [2.05, 4.69) is 4.98 Å². The summed E-state index contributed by atoms with van der Waals surface area (Å²) in [5.74, 6) is 0.415. The number of rotatable bonds is 4. The molecule has 162 valence electrons. The highest BCUT2D eigenvalue weighted by atomic mass is 32.2. The zero-order valence-corrected chi connectivity index (χ0v) is 19.2. The van der Waals surface area contributed by atoms with Crippen molar-refractivity contribution in [3.05, 3.63) is 45.9 Å². The molecule has 1 unspecified atom stereocenters. The van der Waals surface area contributed by atoms with Crippen LogP contribution in [-0.4, -0.2) is 54.7 Å². The molecule has 1 aromatic carbocycles. The van der Waals surface area contributed by atoms with Crippen LogP contribution in [0.3, 0.4) is 0 Å². The van der Waals surface area contributed by atoms with E-state index in [1.54, 1.807) is 23.5 Å². The Morgan fingerprint density at radius 3 is 2.53 bits per heavy atom. The van der Waals surface area contributed by atoms with E-state index in [1.165, 1.54) is 4.31 Å². The van der Waals surface area contributed by atoms with Crippen molar-refractivity contribution >= 4 is 27.3 Å². The van der Waals surface area contributed by atoms with Gasteiger partial charge in [0.2, 0.25) is 15.9 Å². The third-order valence-electron chi connectivity index (χ3n) is 6.45. The number of aromatic nitrogens is 1. The number of nitrogens with zero attached hydrogens (tertiary/aromatic N) is 3. The van der Waals surface area contributed by atoms with Gasteiger partial charge in [0.1, 0.15) is 0 Å². The molecule has 6 nitrogen and oxygen atoms in total. The number of aryl methyl sites for hydroxylation is 2. The highest BCUT2D eigenvalue weighted by molar-refractivity contribution is 7.89. The van der Waals surface area contributed by atoms with Gasteiger partial charge in [0.05, 0.1) is 9.90 Å². The molecule has 2 saturated heterocycles. The molecular weight excluding hydrogens is 418 g/mol. The molecule has 0 spiro atoms. The molecule has 1 aromatic heterocycles. The van der Waals surface area contributed by atoms with Crippen molar-refractivity contribution in [3.8, 4) is 0 Å². The Balaban J connectivity index is 1.38. The molecule has 0 N–H and O–H groups in total. The largest absolute Gasteiger partial charge is 0.342 e. The first-order valence-corrected chi connectivity index (χ1v) is 12.9. The number of amides is 1. The molecule has 2 fully saturated rings. The average molecular weight is 448 g/mol. The molecule has 0 aliphatic carbocycles. The van der Waals surface area contributed by atoms with Crippen molar-refractivity contribution < 1.29 is 13.2 Å². The Hall–Kier alpha value is -1.77. The van der Waals surface area contributed by atoms with Crippen molar-refractivity contribution in [2.45, 2.75) is 50.3 Å². The number of hydrogen-bond acceptors (Lipinski definition) is 5. The molecule has 2 aromatic rings. The minimum atomic E-state index is -3.51. The average Bonchev–Trinajstić information content (AvgIpc) is 3.30. The van der Waals surface area contributed by atoms with Crippen LogP contribution in [0.4, 0.5) is 0 Å². The maximum atomic E-state index is 13.1. The summed E-state index contributed by atoms with van der Waals surface area (Å²) in [7, 11) is -3.51. The van der Waals surface area contributed by atoms with Gasteiger partial charge in [-0.15, -0.1) is 11.3 Å². The monoisotopic (exact) mass is 447 g/mol. The SMILES string of the molecule is Cc1ccc(S(=O)(=O)N2CCC(C(=O)N3CCCC(c4nccs4)C3)CC2)cc1C. The first-order chi connectivity index (χ1) is 14.4. The topological polar surface area (TPSA) is 70.6 Å². The third kappa shape index (κ3) is 4.31. The van der Waals surface area contributed by atoms with Crippen molar-refractivity contribution in [1.29, 1.82) is 0 Å². The van der Waals surface area contributed by atoms with Crippen molar-refractivity contribution in [3.63, 3.8) is 0 Å². The van der Waals surface area contributed by atoms with Crippen molar-refractivity contribution in [2.24, 2.45) is 5.92 Å². The molecule has 0 bridgehead atoms. The molecular formula is C22H29N3O3S2. The summed E-state index contributed by atoms with van der Waals surface area (Å²) in [6, 6.07) is 5.28. The highest BCUT2D eigenvalue weighted by Gasteiger charge is 2.35. The predicted molar refractivity (Wildman–Crippen MR) is 118 cm³/mol. The van der Waals surface area contributed by atoms with Gasteiger partial charge in [0, 0.05) is 49.6 Å². The quantitative estimate of drug-likeness (QED) is 0.718. The summed E-state index contributed by atoms with van der Waals surface area (Å²) in [4.78, 5) is 19.9. The summed E-state index contributed by atoms with van der Waals surface area (Å²) in [6.07, 6.45) is 5.06. The van der Waals surface area contributed by atoms with Crippen molar-refractivity contribution in [2.75, 3.05) is 26.2 Å². The van der Waals surface area contributed by atoms with E-state index in [0.717, 1.165) is 42.1 Å². The minimum absolute atomic E-state index is 0.0914. The fraction of sp³-hybridized carbons (Fsp3) is 0.545. The number of thiazole rings is 1. The smallest absolute Gasteiger partial charge is 0.243 e. The van der Waals surface area contributed by atoms with Gasteiger partial charge in [-0.1, -0.05) is 6.07 Å². The molecule has 3 heterocycles. The molecule has 0 saturated carbocycles. The van der Waals surface area contributed by atoms with E-state index in [4.69, 9.17) is 0 Å². The van der Waals surface area contributed by atoms with Gasteiger partial charge in [-0.05, 0) is 62.8 Å². The van der Waals surface area contributed by atoms with E-state index in [-0.39, 0.29) is 11.8 Å². The standard InChI is InChI=1S/C22H29N3O3S2/c1-16-5-6-20(14-17(16)2)30(27,28)25-11-7-18(8-12-25)22(26)24-10-3-4-19(15-24)21-23-9-13-29-21/h5-6,9,13-14,18-19H,3-4,7-8,10-12,15H2,1-2H3. The lowest BCUT2D eigenvalue weighted by molar-refractivity contribution is -0.138. The zero-order chi connectivity index (χ0) is 21.3. The van der Waals surface area contributed by atoms with E-state index >= 15 is 0 Å². The highest BCUT2D eigenvalue weighted by Crippen LogP contribution is 2.31. The summed E-state index contributed by atoms with van der Waals surface area (Å²) in [6.45, 7) is 6.22. The van der Waals surface area contributed by atoms with Gasteiger partial charge >= 0.3 is 0 Å². The Kier molecular flexibility index (Phi) is 6.27. The number of carbonyl (C=O) groups is 1. The van der Waals surface area contributed by atoms with Crippen molar-refractivity contribution in [1.82, 2.24) is 14.2 Å². The Bertz CT molecular complexity index is 997. The number of benzene rings is 1. The molecule has 8 heteroatoms. The first-order valence-electron chi connectivity index (χ1n) is 10.6. The number of carbonyl (C=O) groups excluding carboxylic acids is 1. The fourth-order valence-electron chi connectivity index (χ4n) is 4.44. The normalized spacial score (nSPS) is 21.7. The molecule has 2 aliphatic rings. The second-order valence-electron chi connectivity index (χ2n) is 8.42. The van der Waals surface area contributed by atoms with Crippen LogP contribution in [0.25, 0.3) is 0 Å². The van der Waals surface area contributed by atoms with E-state index < -0.39 is 10.0 Å². The second-order valence-corrected chi connectivity index (χ2v) is 11.3. The summed E-state index contributed by atoms with van der Waals surface area (Å²) in [5.41, 5.74) is 2.05. The second kappa shape index (κ2) is 8.77. The van der Waals surface area contributed by atoms with E-state index in [0.29, 0.717) is 36.7 Å². The molecule has 2 aliphatic heterocycles. The van der Waals surface area contributed by atoms with Crippen LogP contribution in [0.5, 0.6) is 0 Å². The van der Waals surface area contributed by atoms with Crippen LogP contribution in [0.1, 0.15) is 47.7 Å². The van der Waals surface area contributed by atoms with Crippen LogP contribution in [0.2, 0.25) is 0 Å². The van der Waals surface area contributed by atoms with Gasteiger partial charge in [0.25, 0.3) is 0 Å². The maximum absolute atomic E-state index is 13.1. The van der Waals surface area contributed by atoms with Crippen LogP contribution < -0.4 is 0 Å². The summed E-state index contributed by atoms with van der Waals surface area (Å²) < 4.78 is 27.6. The van der Waals surface area contributed by atoms with Gasteiger partial charge < -0.3 is 4.90 Å². The molecule has 0 radical (unpaired) electrons. The summed E-state index contributed by atoms with van der Waals surface area (Å²) in [5, 5.41) is 3.10. The summed E-state index contributed by atoms with van der Waals surface area (Å²) >= 11 is 1.66. The number of sulfonamides is 1. The Morgan fingerprint density at radius 2 is 1.87 bits per heavy atom. The molecule has 1 amide bonds. The van der Waals surface area contributed by atoms with Gasteiger partial charge in [-0.25, -0.2) is 13.4 Å². The molecule has 1 atom stereocenters. The van der Waals surface area contributed by atoms with Crippen LogP contribution in [0.15, 0.2) is 34.7 Å². The van der Waals surface area contributed by atoms with Gasteiger partial charge in [-0.2, -0.15) is 4.31 Å². The lowest BCUT2D eigenvalue weighted by Gasteiger charge is -2.37. The molecule has 30 heavy (non-hydrogen) atoms. The first kappa shape index (κ1) is 21.5. The number of hydrogen-bond donors (Lipinski definition) is 0. The van der Waals surface area contributed by atoms with E-state index in [1.807, 2.05) is 36.4 Å². The van der Waals surface area contributed by atoms with Gasteiger partial charge in [0.15, 0.2) is 0 Å². The Morgan fingerprint density at radius 1 is 1.10 bits per heavy atom. The fourth-order valence-corrected chi connectivity index (χ4v) is 6.76. The predicted octanol–water partition coefficient (Wildman–Crippen LogP) is 3.57. The number of piperidine rings is 2. The molecule has 4 rings (SSSR count). The van der Waals surface area contributed by atoms with Crippen LogP contribution in [0, 0.1) is 19.8 Å². The zero-order valence-electron chi connectivity index (χ0n) is 17.6. The lowest BCUT2D eigenvalue weighted by atomic mass is 9.93. The maximum Gasteiger partial charge on any atom is 0.243 e. The minimum Gasteiger partial charge on any atom is -0.342 e. The van der Waals surface area contributed by atoms with Crippen LogP contribution >= 0.6 is 11.3 Å². The van der Waals surface area contributed by atoms with E-state index in [9.17, 15) is 13.2 Å². The third-order valence-corrected chi connectivity index (χ3v) is 9.29. The van der Waals surface area contributed by atoms with Crippen LogP contribution in [-0.2, 0) is 14.8 Å². The number of likely N-dealkylation sites (tertiary alicyclic amines) is 1. The Labute approximate surface area is 183 Å².